The van der Waals surface area contributed by atoms with Gasteiger partial charge in [0.1, 0.15) is 11.0 Å². The van der Waals surface area contributed by atoms with E-state index in [9.17, 15) is 0 Å². The predicted octanol–water partition coefficient (Wildman–Crippen LogP) is 3.30. The highest BCUT2D eigenvalue weighted by molar-refractivity contribution is 5.74. The Bertz CT molecular complexity index is 643. The van der Waals surface area contributed by atoms with Crippen molar-refractivity contribution in [2.24, 2.45) is 0 Å². The van der Waals surface area contributed by atoms with Crippen molar-refractivity contribution in [1.82, 2.24) is 15.4 Å². The van der Waals surface area contributed by atoms with Gasteiger partial charge in [-0.15, -0.1) is 0 Å². The van der Waals surface area contributed by atoms with Crippen LogP contribution >= 0.6 is 0 Å². The van der Waals surface area contributed by atoms with Crippen molar-refractivity contribution < 1.29 is 0 Å². The van der Waals surface area contributed by atoms with E-state index in [1.165, 1.54) is 11.1 Å². The Balaban J connectivity index is 1.83. The van der Waals surface area contributed by atoms with Crippen LogP contribution in [0.1, 0.15) is 24.0 Å². The molecule has 0 spiro atoms. The van der Waals surface area contributed by atoms with Crippen LogP contribution in [0, 0.1) is 0 Å². The minimum absolute atomic E-state index is 0.510. The Morgan fingerprint density at radius 3 is 2.61 bits per heavy atom. The van der Waals surface area contributed by atoms with E-state index in [1.807, 2.05) is 6.07 Å². The van der Waals surface area contributed by atoms with E-state index < -0.39 is 0 Å². The van der Waals surface area contributed by atoms with Gasteiger partial charge in [-0.05, 0) is 35.6 Å². The molecule has 3 aromatic rings. The van der Waals surface area contributed by atoms with Gasteiger partial charge in [-0.25, -0.2) is 0 Å². The summed E-state index contributed by atoms with van der Waals surface area (Å²) in [7, 11) is 0. The topological polar surface area (TPSA) is 41.6 Å². The number of nitrogens with one attached hydrogen (secondary N) is 1. The number of hydrogen-bond acceptors (Lipinski definition) is 2. The van der Waals surface area contributed by atoms with Crippen molar-refractivity contribution in [3.05, 3.63) is 59.7 Å². The fraction of sp³-hybridized carbons (Fsp3) is 0.200. The standard InChI is InChI=1S/C15H15N3/c1-11(13-5-3-2-4-6-13)9-12-7-8-14-15(10-12)17-18-16-14/h2-8,10-11H,9H2,1H3,(H,16,17,18). The third-order valence-electron chi connectivity index (χ3n) is 3.29. The van der Waals surface area contributed by atoms with E-state index in [2.05, 4.69) is 64.8 Å². The van der Waals surface area contributed by atoms with Crippen molar-refractivity contribution in [3.8, 4) is 0 Å². The molecular formula is C15H15N3. The normalized spacial score (nSPS) is 12.7. The summed E-state index contributed by atoms with van der Waals surface area (Å²) >= 11 is 0. The summed E-state index contributed by atoms with van der Waals surface area (Å²) in [5, 5.41) is 10.8. The summed E-state index contributed by atoms with van der Waals surface area (Å²) in [5.74, 6) is 0.510. The number of benzene rings is 2. The van der Waals surface area contributed by atoms with Gasteiger partial charge in [0, 0.05) is 0 Å². The van der Waals surface area contributed by atoms with Crippen LogP contribution in [0.15, 0.2) is 48.5 Å². The molecule has 0 radical (unpaired) electrons. The molecule has 0 bridgehead atoms. The first-order valence-electron chi connectivity index (χ1n) is 6.17. The summed E-state index contributed by atoms with van der Waals surface area (Å²) < 4.78 is 0. The molecule has 0 aliphatic carbocycles. The van der Waals surface area contributed by atoms with Crippen LogP contribution in [0.2, 0.25) is 0 Å². The fourth-order valence-corrected chi connectivity index (χ4v) is 2.27. The minimum Gasteiger partial charge on any atom is -0.197 e. The number of rotatable bonds is 3. The molecule has 18 heavy (non-hydrogen) atoms. The van der Waals surface area contributed by atoms with Crippen LogP contribution in [0.5, 0.6) is 0 Å². The zero-order valence-corrected chi connectivity index (χ0v) is 10.3. The highest BCUT2D eigenvalue weighted by Crippen LogP contribution is 2.21. The van der Waals surface area contributed by atoms with Crippen LogP contribution in [0.25, 0.3) is 11.0 Å². The SMILES string of the molecule is CC(Cc1ccc2n[nH]nc2c1)c1ccccc1. The first kappa shape index (κ1) is 11.0. The van der Waals surface area contributed by atoms with Gasteiger partial charge in [-0.1, -0.05) is 43.3 Å². The van der Waals surface area contributed by atoms with Gasteiger partial charge in [0.05, 0.1) is 0 Å². The largest absolute Gasteiger partial charge is 0.197 e. The molecule has 0 amide bonds. The molecule has 3 heteroatoms. The molecule has 90 valence electrons. The number of H-pyrrole nitrogens is 1. The molecule has 1 atom stereocenters. The summed E-state index contributed by atoms with van der Waals surface area (Å²) in [6, 6.07) is 16.9. The number of nitrogens with zero attached hydrogens (tertiary/aromatic N) is 2. The summed E-state index contributed by atoms with van der Waals surface area (Å²) in [6.07, 6.45) is 1.02. The number of hydrogen-bond donors (Lipinski definition) is 1. The van der Waals surface area contributed by atoms with Gasteiger partial charge in [0.15, 0.2) is 0 Å². The molecule has 0 aliphatic heterocycles. The Kier molecular flexibility index (Phi) is 2.81. The monoisotopic (exact) mass is 237 g/mol. The van der Waals surface area contributed by atoms with E-state index in [0.29, 0.717) is 5.92 Å². The lowest BCUT2D eigenvalue weighted by Crippen LogP contribution is -1.98. The molecular weight excluding hydrogens is 222 g/mol. The van der Waals surface area contributed by atoms with Crippen LogP contribution < -0.4 is 0 Å². The highest BCUT2D eigenvalue weighted by Gasteiger charge is 2.07. The van der Waals surface area contributed by atoms with Gasteiger partial charge < -0.3 is 0 Å². The van der Waals surface area contributed by atoms with Crippen LogP contribution in [-0.4, -0.2) is 15.4 Å². The first-order valence-corrected chi connectivity index (χ1v) is 6.17. The maximum absolute atomic E-state index is 4.12. The molecule has 0 saturated carbocycles. The Morgan fingerprint density at radius 1 is 1.00 bits per heavy atom. The maximum atomic E-state index is 4.12. The van der Waals surface area contributed by atoms with E-state index in [-0.39, 0.29) is 0 Å². The van der Waals surface area contributed by atoms with Crippen molar-refractivity contribution in [1.29, 1.82) is 0 Å². The average molecular weight is 237 g/mol. The zero-order chi connectivity index (χ0) is 12.4. The highest BCUT2D eigenvalue weighted by atomic mass is 15.3. The molecule has 1 N–H and O–H groups in total. The number of aromatic nitrogens is 3. The molecule has 0 aliphatic rings. The fourth-order valence-electron chi connectivity index (χ4n) is 2.27. The minimum atomic E-state index is 0.510. The van der Waals surface area contributed by atoms with E-state index in [0.717, 1.165) is 17.5 Å². The van der Waals surface area contributed by atoms with Gasteiger partial charge in [0.2, 0.25) is 0 Å². The molecule has 1 heterocycles. The lowest BCUT2D eigenvalue weighted by Gasteiger charge is -2.11. The second-order valence-corrected chi connectivity index (χ2v) is 4.66. The molecule has 0 saturated heterocycles. The van der Waals surface area contributed by atoms with Crippen molar-refractivity contribution in [3.63, 3.8) is 0 Å². The summed E-state index contributed by atoms with van der Waals surface area (Å²) in [6.45, 7) is 2.25. The first-order chi connectivity index (χ1) is 8.83. The van der Waals surface area contributed by atoms with Gasteiger partial charge in [0.25, 0.3) is 0 Å². The molecule has 1 unspecified atom stereocenters. The van der Waals surface area contributed by atoms with E-state index >= 15 is 0 Å². The molecule has 3 nitrogen and oxygen atoms in total. The average Bonchev–Trinajstić information content (AvgIpc) is 2.87. The second-order valence-electron chi connectivity index (χ2n) is 4.66. The molecule has 0 fully saturated rings. The lowest BCUT2D eigenvalue weighted by atomic mass is 9.94. The third kappa shape index (κ3) is 2.12. The second kappa shape index (κ2) is 4.61. The van der Waals surface area contributed by atoms with Crippen molar-refractivity contribution in [2.75, 3.05) is 0 Å². The maximum Gasteiger partial charge on any atom is 0.113 e. The van der Waals surface area contributed by atoms with Gasteiger partial charge in [-0.3, -0.25) is 0 Å². The lowest BCUT2D eigenvalue weighted by molar-refractivity contribution is 0.760. The molecule has 1 aromatic heterocycles. The van der Waals surface area contributed by atoms with Crippen LogP contribution in [0.4, 0.5) is 0 Å². The van der Waals surface area contributed by atoms with Crippen molar-refractivity contribution >= 4 is 11.0 Å². The predicted molar refractivity (Wildman–Crippen MR) is 72.4 cm³/mol. The number of aromatic amines is 1. The Labute approximate surface area is 106 Å². The Morgan fingerprint density at radius 2 is 1.78 bits per heavy atom. The van der Waals surface area contributed by atoms with Gasteiger partial charge >= 0.3 is 0 Å². The summed E-state index contributed by atoms with van der Waals surface area (Å²) in [5.41, 5.74) is 4.53. The van der Waals surface area contributed by atoms with Gasteiger partial charge in [-0.2, -0.15) is 15.4 Å². The van der Waals surface area contributed by atoms with E-state index in [1.54, 1.807) is 0 Å². The quantitative estimate of drug-likeness (QED) is 0.759. The van der Waals surface area contributed by atoms with Crippen LogP contribution in [-0.2, 0) is 6.42 Å². The van der Waals surface area contributed by atoms with Crippen LogP contribution in [0.3, 0.4) is 0 Å². The Hall–Kier alpha value is -2.16. The smallest absolute Gasteiger partial charge is 0.113 e. The molecule has 2 aromatic carbocycles. The van der Waals surface area contributed by atoms with Crippen molar-refractivity contribution in [2.45, 2.75) is 19.3 Å². The number of fused-ring (bicyclic) bond motifs is 1. The third-order valence-corrected chi connectivity index (χ3v) is 3.29. The zero-order valence-electron chi connectivity index (χ0n) is 10.3. The van der Waals surface area contributed by atoms with E-state index in [4.69, 9.17) is 0 Å². The summed E-state index contributed by atoms with van der Waals surface area (Å²) in [4.78, 5) is 0. The molecule has 3 rings (SSSR count).